The van der Waals surface area contributed by atoms with E-state index in [2.05, 4.69) is 39.7 Å². The number of amides is 1. The van der Waals surface area contributed by atoms with Gasteiger partial charge in [0.1, 0.15) is 5.75 Å². The minimum Gasteiger partial charge on any atom is -0.496 e. The SMILES string of the molecule is COc1ccccc1CNC(=O)c1cnc(NCc2cccc(C)c2)nc1. The number of aryl methyl sites for hydroxylation is 1. The molecule has 1 amide bonds. The highest BCUT2D eigenvalue weighted by molar-refractivity contribution is 5.93. The molecule has 1 heterocycles. The molecule has 27 heavy (non-hydrogen) atoms. The van der Waals surface area contributed by atoms with Crippen molar-refractivity contribution in [2.24, 2.45) is 0 Å². The maximum absolute atomic E-state index is 12.3. The Balaban J connectivity index is 1.55. The molecule has 0 bridgehead atoms. The number of aromatic nitrogens is 2. The Morgan fingerprint density at radius 3 is 2.56 bits per heavy atom. The van der Waals surface area contributed by atoms with E-state index in [1.165, 1.54) is 18.0 Å². The van der Waals surface area contributed by atoms with Crippen molar-refractivity contribution in [3.63, 3.8) is 0 Å². The number of rotatable bonds is 7. The summed E-state index contributed by atoms with van der Waals surface area (Å²) < 4.78 is 5.29. The highest BCUT2D eigenvalue weighted by Crippen LogP contribution is 2.16. The summed E-state index contributed by atoms with van der Waals surface area (Å²) in [6.45, 7) is 3.05. The second-order valence-electron chi connectivity index (χ2n) is 6.13. The van der Waals surface area contributed by atoms with Crippen molar-refractivity contribution >= 4 is 11.9 Å². The van der Waals surface area contributed by atoms with E-state index in [1.807, 2.05) is 36.4 Å². The second-order valence-corrected chi connectivity index (χ2v) is 6.13. The number of nitrogens with one attached hydrogen (secondary N) is 2. The molecule has 6 heteroatoms. The van der Waals surface area contributed by atoms with Gasteiger partial charge in [0.15, 0.2) is 0 Å². The lowest BCUT2D eigenvalue weighted by molar-refractivity contribution is 0.0950. The highest BCUT2D eigenvalue weighted by atomic mass is 16.5. The first-order chi connectivity index (χ1) is 13.2. The molecule has 0 radical (unpaired) electrons. The molecular weight excluding hydrogens is 340 g/mol. The maximum atomic E-state index is 12.3. The fraction of sp³-hybridized carbons (Fsp3) is 0.190. The lowest BCUT2D eigenvalue weighted by atomic mass is 10.1. The third-order valence-corrected chi connectivity index (χ3v) is 4.08. The van der Waals surface area contributed by atoms with Gasteiger partial charge in [0.05, 0.1) is 12.7 Å². The van der Waals surface area contributed by atoms with Crippen LogP contribution >= 0.6 is 0 Å². The van der Waals surface area contributed by atoms with Crippen molar-refractivity contribution in [1.82, 2.24) is 15.3 Å². The molecule has 2 N–H and O–H groups in total. The normalized spacial score (nSPS) is 10.3. The molecule has 0 aliphatic heterocycles. The van der Waals surface area contributed by atoms with Gasteiger partial charge in [-0.1, -0.05) is 48.0 Å². The van der Waals surface area contributed by atoms with Gasteiger partial charge in [-0.25, -0.2) is 9.97 Å². The summed E-state index contributed by atoms with van der Waals surface area (Å²) in [6, 6.07) is 15.8. The molecule has 138 valence electrons. The Bertz CT molecular complexity index is 910. The minimum absolute atomic E-state index is 0.230. The van der Waals surface area contributed by atoms with E-state index in [0.29, 0.717) is 24.6 Å². The van der Waals surface area contributed by atoms with E-state index in [4.69, 9.17) is 4.74 Å². The van der Waals surface area contributed by atoms with Crippen LogP contribution in [0.15, 0.2) is 60.9 Å². The predicted octanol–water partition coefficient (Wildman–Crippen LogP) is 3.34. The number of anilines is 1. The number of benzene rings is 2. The van der Waals surface area contributed by atoms with Gasteiger partial charge in [-0.2, -0.15) is 0 Å². The average Bonchev–Trinajstić information content (AvgIpc) is 2.71. The van der Waals surface area contributed by atoms with E-state index in [1.54, 1.807) is 7.11 Å². The summed E-state index contributed by atoms with van der Waals surface area (Å²) in [4.78, 5) is 20.7. The molecular formula is C21H22N4O2. The fourth-order valence-corrected chi connectivity index (χ4v) is 2.67. The van der Waals surface area contributed by atoms with Crippen LogP contribution in [0.5, 0.6) is 5.75 Å². The lowest BCUT2D eigenvalue weighted by Gasteiger charge is -2.10. The molecule has 0 atom stereocenters. The van der Waals surface area contributed by atoms with Crippen molar-refractivity contribution in [2.45, 2.75) is 20.0 Å². The molecule has 0 aliphatic carbocycles. The standard InChI is InChI=1S/C21H22N4O2/c1-15-6-5-7-16(10-15)11-23-21-24-13-18(14-25-21)20(26)22-12-17-8-3-4-9-19(17)27-2/h3-10,13-14H,11-12H2,1-2H3,(H,22,26)(H,23,24,25). The van der Waals surface area contributed by atoms with E-state index >= 15 is 0 Å². The van der Waals surface area contributed by atoms with Crippen LogP contribution in [0.25, 0.3) is 0 Å². The first-order valence-corrected chi connectivity index (χ1v) is 8.67. The van der Waals surface area contributed by atoms with Crippen molar-refractivity contribution in [3.8, 4) is 5.75 Å². The third kappa shape index (κ3) is 5.04. The van der Waals surface area contributed by atoms with Gasteiger partial charge in [-0.05, 0) is 18.6 Å². The first kappa shape index (κ1) is 18.4. The molecule has 0 spiro atoms. The van der Waals surface area contributed by atoms with E-state index in [9.17, 15) is 4.79 Å². The molecule has 0 unspecified atom stereocenters. The van der Waals surface area contributed by atoms with Crippen LogP contribution in [0, 0.1) is 6.92 Å². The Hall–Kier alpha value is -3.41. The molecule has 2 aromatic carbocycles. The van der Waals surface area contributed by atoms with Crippen LogP contribution < -0.4 is 15.4 Å². The predicted molar refractivity (Wildman–Crippen MR) is 105 cm³/mol. The van der Waals surface area contributed by atoms with Crippen LogP contribution in [-0.4, -0.2) is 23.0 Å². The van der Waals surface area contributed by atoms with Crippen LogP contribution in [-0.2, 0) is 13.1 Å². The van der Waals surface area contributed by atoms with Gasteiger partial charge < -0.3 is 15.4 Å². The van der Waals surface area contributed by atoms with E-state index < -0.39 is 0 Å². The zero-order chi connectivity index (χ0) is 19.1. The summed E-state index contributed by atoms with van der Waals surface area (Å²) in [6.07, 6.45) is 3.03. The summed E-state index contributed by atoms with van der Waals surface area (Å²) in [7, 11) is 1.61. The minimum atomic E-state index is -0.230. The van der Waals surface area contributed by atoms with Gasteiger partial charge in [-0.3, -0.25) is 4.79 Å². The fourth-order valence-electron chi connectivity index (χ4n) is 2.67. The number of carbonyl (C=O) groups is 1. The van der Waals surface area contributed by atoms with E-state index in [0.717, 1.165) is 16.9 Å². The molecule has 1 aromatic heterocycles. The van der Waals surface area contributed by atoms with Gasteiger partial charge in [0.2, 0.25) is 5.95 Å². The largest absolute Gasteiger partial charge is 0.496 e. The zero-order valence-corrected chi connectivity index (χ0v) is 15.4. The van der Waals surface area contributed by atoms with Crippen LogP contribution in [0.1, 0.15) is 27.0 Å². The number of ether oxygens (including phenoxy) is 1. The van der Waals surface area contributed by atoms with Crippen LogP contribution in [0.3, 0.4) is 0 Å². The molecule has 0 aliphatic rings. The van der Waals surface area contributed by atoms with Crippen molar-refractivity contribution in [3.05, 3.63) is 83.2 Å². The molecule has 0 saturated heterocycles. The molecule has 0 saturated carbocycles. The topological polar surface area (TPSA) is 76.1 Å². The Morgan fingerprint density at radius 1 is 1.04 bits per heavy atom. The van der Waals surface area contributed by atoms with Gasteiger partial charge in [-0.15, -0.1) is 0 Å². The Kier molecular flexibility index (Phi) is 5.99. The first-order valence-electron chi connectivity index (χ1n) is 8.67. The molecule has 3 rings (SSSR count). The highest BCUT2D eigenvalue weighted by Gasteiger charge is 2.09. The molecule has 3 aromatic rings. The number of methoxy groups -OCH3 is 1. The average molecular weight is 362 g/mol. The number of carbonyl (C=O) groups excluding carboxylic acids is 1. The summed E-state index contributed by atoms with van der Waals surface area (Å²) in [5.41, 5.74) is 3.67. The summed E-state index contributed by atoms with van der Waals surface area (Å²) in [5, 5.41) is 6.01. The summed E-state index contributed by atoms with van der Waals surface area (Å²) >= 11 is 0. The molecule has 0 fully saturated rings. The van der Waals surface area contributed by atoms with Gasteiger partial charge in [0.25, 0.3) is 5.91 Å². The lowest BCUT2D eigenvalue weighted by Crippen LogP contribution is -2.23. The number of para-hydroxylation sites is 1. The van der Waals surface area contributed by atoms with Crippen LogP contribution in [0.4, 0.5) is 5.95 Å². The Morgan fingerprint density at radius 2 is 1.81 bits per heavy atom. The van der Waals surface area contributed by atoms with Crippen LogP contribution in [0.2, 0.25) is 0 Å². The monoisotopic (exact) mass is 362 g/mol. The summed E-state index contributed by atoms with van der Waals surface area (Å²) in [5.74, 6) is 0.994. The maximum Gasteiger partial charge on any atom is 0.254 e. The Labute approximate surface area is 158 Å². The number of hydrogen-bond donors (Lipinski definition) is 2. The van der Waals surface area contributed by atoms with E-state index in [-0.39, 0.29) is 5.91 Å². The third-order valence-electron chi connectivity index (χ3n) is 4.08. The number of nitrogens with zero attached hydrogens (tertiary/aromatic N) is 2. The zero-order valence-electron chi connectivity index (χ0n) is 15.4. The van der Waals surface area contributed by atoms with Gasteiger partial charge in [0, 0.05) is 31.0 Å². The van der Waals surface area contributed by atoms with Crippen molar-refractivity contribution in [1.29, 1.82) is 0 Å². The number of hydrogen-bond acceptors (Lipinski definition) is 5. The quantitative estimate of drug-likeness (QED) is 0.674. The smallest absolute Gasteiger partial charge is 0.254 e. The van der Waals surface area contributed by atoms with Crippen molar-refractivity contribution in [2.75, 3.05) is 12.4 Å². The van der Waals surface area contributed by atoms with Crippen molar-refractivity contribution < 1.29 is 9.53 Å². The second kappa shape index (κ2) is 8.80. The molecule has 6 nitrogen and oxygen atoms in total. The van der Waals surface area contributed by atoms with Gasteiger partial charge >= 0.3 is 0 Å².